The number of rotatable bonds is 3. The highest BCUT2D eigenvalue weighted by Gasteiger charge is 2.27. The van der Waals surface area contributed by atoms with Gasteiger partial charge < -0.3 is 0 Å². The van der Waals surface area contributed by atoms with Crippen LogP contribution in [-0.4, -0.2) is 17.3 Å². The summed E-state index contributed by atoms with van der Waals surface area (Å²) in [6.07, 6.45) is 0. The third-order valence-electron chi connectivity index (χ3n) is 5.11. The molecule has 0 aliphatic rings. The van der Waals surface area contributed by atoms with Crippen LogP contribution in [0.25, 0.3) is 21.5 Å². The van der Waals surface area contributed by atoms with Crippen molar-refractivity contribution in [3.8, 4) is 24.3 Å². The van der Waals surface area contributed by atoms with Crippen LogP contribution in [0.1, 0.15) is 74.1 Å². The van der Waals surface area contributed by atoms with Gasteiger partial charge in [0.05, 0.1) is 22.3 Å². The van der Waals surface area contributed by atoms with E-state index in [-0.39, 0.29) is 60.9 Å². The van der Waals surface area contributed by atoms with E-state index in [0.717, 1.165) is 0 Å². The standard InChI is InChI=1S/C24H12N4O3/c1-11(29)15-5-4-14-6-16-17(7-25)18(8-26)19(9-27)20(10-28)24(16)22(13(3)31)23(14)21(15)12(2)30/h4-6H,1-3H3. The zero-order chi connectivity index (χ0) is 23.0. The van der Waals surface area contributed by atoms with Crippen molar-refractivity contribution < 1.29 is 14.4 Å². The molecule has 0 N–H and O–H groups in total. The molecule has 0 aliphatic heterocycles. The van der Waals surface area contributed by atoms with Crippen molar-refractivity contribution >= 4 is 38.9 Å². The zero-order valence-corrected chi connectivity index (χ0v) is 16.7. The molecule has 0 saturated carbocycles. The van der Waals surface area contributed by atoms with Gasteiger partial charge in [0.25, 0.3) is 0 Å². The topological polar surface area (TPSA) is 146 Å². The minimum atomic E-state index is -0.521. The van der Waals surface area contributed by atoms with Crippen molar-refractivity contribution in [3.05, 3.63) is 57.1 Å². The lowest BCUT2D eigenvalue weighted by Crippen LogP contribution is -2.10. The molecule has 0 unspecified atom stereocenters. The lowest BCUT2D eigenvalue weighted by Gasteiger charge is -2.17. The van der Waals surface area contributed by atoms with E-state index in [1.165, 1.54) is 32.9 Å². The molecule has 0 atom stereocenters. The number of nitriles is 4. The summed E-state index contributed by atoms with van der Waals surface area (Å²) in [7, 11) is 0. The molecule has 3 aromatic carbocycles. The first kappa shape index (κ1) is 20.9. The molecule has 3 rings (SSSR count). The number of hydrogen-bond donors (Lipinski definition) is 0. The predicted octanol–water partition coefficient (Wildman–Crippen LogP) is 4.09. The van der Waals surface area contributed by atoms with Gasteiger partial charge in [0.2, 0.25) is 0 Å². The summed E-state index contributed by atoms with van der Waals surface area (Å²) in [6.45, 7) is 3.79. The molecule has 0 bridgehead atoms. The van der Waals surface area contributed by atoms with Crippen LogP contribution >= 0.6 is 0 Å². The summed E-state index contributed by atoms with van der Waals surface area (Å²) < 4.78 is 0. The highest BCUT2D eigenvalue weighted by atomic mass is 16.1. The second kappa shape index (κ2) is 7.53. The Balaban J connectivity index is 2.90. The Morgan fingerprint density at radius 2 is 1.16 bits per heavy atom. The van der Waals surface area contributed by atoms with Crippen molar-refractivity contribution in [1.82, 2.24) is 0 Å². The van der Waals surface area contributed by atoms with E-state index < -0.39 is 11.6 Å². The molecular formula is C24H12N4O3. The van der Waals surface area contributed by atoms with Gasteiger partial charge in [-0.2, -0.15) is 21.0 Å². The monoisotopic (exact) mass is 404 g/mol. The summed E-state index contributed by atoms with van der Waals surface area (Å²) in [5.41, 5.74) is -0.842. The average molecular weight is 404 g/mol. The Kier molecular flexibility index (Phi) is 5.07. The summed E-state index contributed by atoms with van der Waals surface area (Å²) in [6, 6.07) is 11.9. The zero-order valence-electron chi connectivity index (χ0n) is 16.7. The number of carbonyl (C=O) groups excluding carboxylic acids is 3. The van der Waals surface area contributed by atoms with E-state index in [2.05, 4.69) is 0 Å². The van der Waals surface area contributed by atoms with Crippen molar-refractivity contribution in [1.29, 1.82) is 21.0 Å². The fraction of sp³-hybridized carbons (Fsp3) is 0.125. The van der Waals surface area contributed by atoms with Crippen LogP contribution in [0, 0.1) is 45.3 Å². The van der Waals surface area contributed by atoms with Crippen LogP contribution in [0.15, 0.2) is 18.2 Å². The molecule has 146 valence electrons. The molecule has 7 nitrogen and oxygen atoms in total. The molecule has 0 saturated heterocycles. The second-order valence-corrected chi connectivity index (χ2v) is 6.88. The Morgan fingerprint density at radius 1 is 0.645 bits per heavy atom. The highest BCUT2D eigenvalue weighted by Crippen LogP contribution is 2.39. The number of ketones is 3. The van der Waals surface area contributed by atoms with Crippen molar-refractivity contribution in [3.63, 3.8) is 0 Å². The van der Waals surface area contributed by atoms with Crippen molar-refractivity contribution in [2.45, 2.75) is 20.8 Å². The van der Waals surface area contributed by atoms with Crippen molar-refractivity contribution in [2.24, 2.45) is 0 Å². The summed E-state index contributed by atoms with van der Waals surface area (Å²) in [4.78, 5) is 37.5. The third kappa shape index (κ3) is 2.90. The largest absolute Gasteiger partial charge is 0.294 e. The fourth-order valence-corrected chi connectivity index (χ4v) is 3.92. The molecule has 0 radical (unpaired) electrons. The van der Waals surface area contributed by atoms with E-state index >= 15 is 0 Å². The molecule has 0 fully saturated rings. The van der Waals surface area contributed by atoms with E-state index in [0.29, 0.717) is 5.39 Å². The van der Waals surface area contributed by atoms with Crippen LogP contribution in [0.3, 0.4) is 0 Å². The Hall–Kier alpha value is -4.85. The molecule has 0 amide bonds. The molecule has 0 aromatic heterocycles. The molecule has 0 heterocycles. The van der Waals surface area contributed by atoms with Gasteiger partial charge in [-0.3, -0.25) is 14.4 Å². The minimum Gasteiger partial charge on any atom is -0.294 e. The first-order valence-electron chi connectivity index (χ1n) is 8.99. The average Bonchev–Trinajstić information content (AvgIpc) is 2.74. The normalized spacial score (nSPS) is 10.0. The molecule has 31 heavy (non-hydrogen) atoms. The van der Waals surface area contributed by atoms with E-state index in [4.69, 9.17) is 0 Å². The fourth-order valence-electron chi connectivity index (χ4n) is 3.92. The quantitative estimate of drug-likeness (QED) is 0.472. The lowest BCUT2D eigenvalue weighted by molar-refractivity contribution is 0.0981. The SMILES string of the molecule is CC(=O)c1ccc2cc3c(C#N)c(C#N)c(C#N)c(C#N)c3c(C(C)=O)c2c1C(C)=O. The smallest absolute Gasteiger partial charge is 0.161 e. The number of nitrogens with zero attached hydrogens (tertiary/aromatic N) is 4. The lowest BCUT2D eigenvalue weighted by atomic mass is 9.82. The second-order valence-electron chi connectivity index (χ2n) is 6.88. The van der Waals surface area contributed by atoms with Crippen LogP contribution in [0.5, 0.6) is 0 Å². The van der Waals surface area contributed by atoms with Crippen LogP contribution in [-0.2, 0) is 0 Å². The first-order chi connectivity index (χ1) is 14.7. The van der Waals surface area contributed by atoms with Gasteiger partial charge >= 0.3 is 0 Å². The highest BCUT2D eigenvalue weighted by molar-refractivity contribution is 6.27. The van der Waals surface area contributed by atoms with Gasteiger partial charge in [0.15, 0.2) is 17.3 Å². The Morgan fingerprint density at radius 3 is 1.61 bits per heavy atom. The summed E-state index contributed by atoms with van der Waals surface area (Å²) in [5.74, 6) is -1.35. The predicted molar refractivity (Wildman–Crippen MR) is 110 cm³/mol. The molecule has 7 heteroatoms. The van der Waals surface area contributed by atoms with Gasteiger partial charge in [0, 0.05) is 32.8 Å². The Labute approximate surface area is 176 Å². The van der Waals surface area contributed by atoms with Crippen LogP contribution in [0.4, 0.5) is 0 Å². The molecule has 3 aromatic rings. The van der Waals surface area contributed by atoms with Crippen molar-refractivity contribution in [2.75, 3.05) is 0 Å². The number of hydrogen-bond acceptors (Lipinski definition) is 7. The van der Waals surface area contributed by atoms with E-state index in [1.54, 1.807) is 18.2 Å². The number of Topliss-reactive ketones (excluding diaryl/α,β-unsaturated/α-hetero) is 3. The summed E-state index contributed by atoms with van der Waals surface area (Å²) in [5, 5.41) is 39.4. The van der Waals surface area contributed by atoms with E-state index in [1.807, 2.05) is 12.1 Å². The maximum absolute atomic E-state index is 12.8. The number of carbonyl (C=O) groups is 3. The van der Waals surface area contributed by atoms with E-state index in [9.17, 15) is 35.4 Å². The van der Waals surface area contributed by atoms with Gasteiger partial charge in [-0.05, 0) is 32.2 Å². The third-order valence-corrected chi connectivity index (χ3v) is 5.11. The Bertz CT molecular complexity index is 1550. The maximum Gasteiger partial charge on any atom is 0.161 e. The molecular weight excluding hydrogens is 392 g/mol. The van der Waals surface area contributed by atoms with Gasteiger partial charge in [-0.25, -0.2) is 0 Å². The van der Waals surface area contributed by atoms with Crippen LogP contribution < -0.4 is 0 Å². The summed E-state index contributed by atoms with van der Waals surface area (Å²) >= 11 is 0. The minimum absolute atomic E-state index is 0.0119. The van der Waals surface area contributed by atoms with Gasteiger partial charge in [0.1, 0.15) is 24.3 Å². The first-order valence-corrected chi connectivity index (χ1v) is 8.99. The van der Waals surface area contributed by atoms with Gasteiger partial charge in [-0.15, -0.1) is 0 Å². The van der Waals surface area contributed by atoms with Crippen LogP contribution in [0.2, 0.25) is 0 Å². The molecule has 0 aliphatic carbocycles. The number of fused-ring (bicyclic) bond motifs is 2. The molecule has 0 spiro atoms. The number of benzene rings is 3. The van der Waals surface area contributed by atoms with Gasteiger partial charge in [-0.1, -0.05) is 12.1 Å². The maximum atomic E-state index is 12.8.